The number of allylic oxidation sites excluding steroid dienone is 6. The van der Waals surface area contributed by atoms with Gasteiger partial charge in [0.05, 0.1) is 0 Å². The summed E-state index contributed by atoms with van der Waals surface area (Å²) < 4.78 is 0. The zero-order valence-electron chi connectivity index (χ0n) is 7.62. The molecule has 0 atom stereocenters. The smallest absolute Gasteiger partial charge is 0.159 e. The van der Waals surface area contributed by atoms with E-state index in [1.54, 1.807) is 6.08 Å². The summed E-state index contributed by atoms with van der Waals surface area (Å²) in [5, 5.41) is 0. The predicted octanol–water partition coefficient (Wildman–Crippen LogP) is 2.00. The number of Topliss-reactive ketones (excluding diaryl/α,β-unsaturated/α-hetero) is 1. The Labute approximate surface area is 78.0 Å². The SMILES string of the molecule is C=C/C(C=O)=C\C=C(/C=C)C(C)=O. The third kappa shape index (κ3) is 4.01. The fourth-order valence-corrected chi connectivity index (χ4v) is 0.671. The molecule has 0 heterocycles. The molecule has 0 aromatic carbocycles. The molecular formula is C11H12O2. The molecule has 0 unspecified atom stereocenters. The van der Waals surface area contributed by atoms with Gasteiger partial charge in [0.1, 0.15) is 6.29 Å². The molecular weight excluding hydrogens is 164 g/mol. The molecule has 0 aliphatic carbocycles. The Morgan fingerprint density at radius 1 is 1.15 bits per heavy atom. The van der Waals surface area contributed by atoms with Gasteiger partial charge in [-0.1, -0.05) is 37.5 Å². The van der Waals surface area contributed by atoms with Gasteiger partial charge in [0.25, 0.3) is 0 Å². The van der Waals surface area contributed by atoms with Crippen molar-refractivity contribution in [3.63, 3.8) is 0 Å². The number of hydrogen-bond donors (Lipinski definition) is 0. The van der Waals surface area contributed by atoms with Crippen LogP contribution >= 0.6 is 0 Å². The van der Waals surface area contributed by atoms with Gasteiger partial charge < -0.3 is 0 Å². The van der Waals surface area contributed by atoms with Gasteiger partial charge in [0, 0.05) is 11.1 Å². The van der Waals surface area contributed by atoms with Gasteiger partial charge in [-0.2, -0.15) is 0 Å². The fourth-order valence-electron chi connectivity index (χ4n) is 0.671. The van der Waals surface area contributed by atoms with E-state index in [2.05, 4.69) is 13.2 Å². The molecule has 68 valence electrons. The molecule has 0 spiro atoms. The first kappa shape index (κ1) is 11.3. The van der Waals surface area contributed by atoms with Crippen LogP contribution in [-0.4, -0.2) is 12.1 Å². The van der Waals surface area contributed by atoms with Crippen LogP contribution in [0.25, 0.3) is 0 Å². The van der Waals surface area contributed by atoms with Crippen LogP contribution in [0.1, 0.15) is 6.92 Å². The van der Waals surface area contributed by atoms with Gasteiger partial charge in [0.15, 0.2) is 5.78 Å². The molecule has 0 rings (SSSR count). The lowest BCUT2D eigenvalue weighted by molar-refractivity contribution is -0.113. The molecule has 0 aliphatic rings. The van der Waals surface area contributed by atoms with E-state index in [0.29, 0.717) is 17.4 Å². The molecule has 0 saturated carbocycles. The molecule has 0 aromatic rings. The first-order valence-corrected chi connectivity index (χ1v) is 3.78. The number of aldehydes is 1. The van der Waals surface area contributed by atoms with Crippen molar-refractivity contribution in [2.24, 2.45) is 0 Å². The normalized spacial score (nSPS) is 12.1. The molecule has 2 heteroatoms. The van der Waals surface area contributed by atoms with Crippen molar-refractivity contribution in [2.75, 3.05) is 0 Å². The number of ketones is 1. The molecule has 0 aromatic heterocycles. The molecule has 0 saturated heterocycles. The van der Waals surface area contributed by atoms with E-state index in [-0.39, 0.29) is 5.78 Å². The number of rotatable bonds is 5. The first-order chi connectivity index (χ1) is 6.15. The van der Waals surface area contributed by atoms with Crippen LogP contribution in [0.15, 0.2) is 48.6 Å². The highest BCUT2D eigenvalue weighted by Crippen LogP contribution is 2.00. The summed E-state index contributed by atoms with van der Waals surface area (Å²) in [5.74, 6) is -0.0828. The highest BCUT2D eigenvalue weighted by atomic mass is 16.1. The van der Waals surface area contributed by atoms with Crippen LogP contribution in [0.3, 0.4) is 0 Å². The second-order valence-electron chi connectivity index (χ2n) is 2.37. The standard InChI is InChI=1S/C11H12O2/c1-4-10(8-12)6-7-11(5-2)9(3)13/h4-8H,1-2H2,3H3/b10-6+,11-7+. The molecule has 0 fully saturated rings. The minimum atomic E-state index is -0.0828. The van der Waals surface area contributed by atoms with E-state index in [4.69, 9.17) is 0 Å². The molecule has 0 N–H and O–H groups in total. The Bertz CT molecular complexity index is 283. The van der Waals surface area contributed by atoms with E-state index in [0.717, 1.165) is 0 Å². The Morgan fingerprint density at radius 2 is 1.77 bits per heavy atom. The number of carbonyl (C=O) groups is 2. The van der Waals surface area contributed by atoms with E-state index >= 15 is 0 Å². The molecule has 0 amide bonds. The van der Waals surface area contributed by atoms with Gasteiger partial charge >= 0.3 is 0 Å². The fraction of sp³-hybridized carbons (Fsp3) is 0.0909. The average molecular weight is 176 g/mol. The lowest BCUT2D eigenvalue weighted by Gasteiger charge is -1.91. The highest BCUT2D eigenvalue weighted by molar-refractivity contribution is 5.96. The van der Waals surface area contributed by atoms with Gasteiger partial charge in [0.2, 0.25) is 0 Å². The molecule has 2 nitrogen and oxygen atoms in total. The summed E-state index contributed by atoms with van der Waals surface area (Å²) >= 11 is 0. The van der Waals surface area contributed by atoms with E-state index < -0.39 is 0 Å². The van der Waals surface area contributed by atoms with Crippen LogP contribution in [0.5, 0.6) is 0 Å². The van der Waals surface area contributed by atoms with E-state index in [1.807, 2.05) is 0 Å². The Balaban J connectivity index is 4.81. The van der Waals surface area contributed by atoms with Crippen molar-refractivity contribution >= 4 is 12.1 Å². The summed E-state index contributed by atoms with van der Waals surface area (Å²) in [6.07, 6.45) is 6.61. The second-order valence-corrected chi connectivity index (χ2v) is 2.37. The molecule has 0 aliphatic heterocycles. The first-order valence-electron chi connectivity index (χ1n) is 3.78. The summed E-state index contributed by atoms with van der Waals surface area (Å²) in [6, 6.07) is 0. The van der Waals surface area contributed by atoms with Crippen LogP contribution in [-0.2, 0) is 9.59 Å². The Morgan fingerprint density at radius 3 is 2.08 bits per heavy atom. The predicted molar refractivity (Wildman–Crippen MR) is 53.3 cm³/mol. The molecule has 0 radical (unpaired) electrons. The highest BCUT2D eigenvalue weighted by Gasteiger charge is 1.95. The molecule has 13 heavy (non-hydrogen) atoms. The molecule has 0 bridgehead atoms. The van der Waals surface area contributed by atoms with Crippen molar-refractivity contribution < 1.29 is 9.59 Å². The number of carbonyl (C=O) groups excluding carboxylic acids is 2. The third-order valence-electron chi connectivity index (χ3n) is 1.45. The van der Waals surface area contributed by atoms with Crippen molar-refractivity contribution in [3.05, 3.63) is 48.6 Å². The Hall–Kier alpha value is -1.70. The van der Waals surface area contributed by atoms with Crippen molar-refractivity contribution in [2.45, 2.75) is 6.92 Å². The van der Waals surface area contributed by atoms with Crippen molar-refractivity contribution in [3.8, 4) is 0 Å². The van der Waals surface area contributed by atoms with Crippen LogP contribution in [0.4, 0.5) is 0 Å². The number of hydrogen-bond acceptors (Lipinski definition) is 2. The summed E-state index contributed by atoms with van der Waals surface area (Å²) in [5.41, 5.74) is 0.904. The Kier molecular flexibility index (Phi) is 5.12. The van der Waals surface area contributed by atoms with Gasteiger partial charge in [-0.15, -0.1) is 0 Å². The maximum absolute atomic E-state index is 10.9. The van der Waals surface area contributed by atoms with Crippen LogP contribution in [0.2, 0.25) is 0 Å². The van der Waals surface area contributed by atoms with E-state index in [1.165, 1.54) is 25.2 Å². The third-order valence-corrected chi connectivity index (χ3v) is 1.45. The van der Waals surface area contributed by atoms with Crippen LogP contribution in [0, 0.1) is 0 Å². The largest absolute Gasteiger partial charge is 0.298 e. The van der Waals surface area contributed by atoms with Gasteiger partial charge in [-0.05, 0) is 6.92 Å². The zero-order valence-corrected chi connectivity index (χ0v) is 7.62. The van der Waals surface area contributed by atoms with Gasteiger partial charge in [-0.3, -0.25) is 9.59 Å². The van der Waals surface area contributed by atoms with Gasteiger partial charge in [-0.25, -0.2) is 0 Å². The van der Waals surface area contributed by atoms with Crippen LogP contribution < -0.4 is 0 Å². The summed E-state index contributed by atoms with van der Waals surface area (Å²) in [7, 11) is 0. The zero-order chi connectivity index (χ0) is 10.3. The lowest BCUT2D eigenvalue weighted by atomic mass is 10.1. The topological polar surface area (TPSA) is 34.1 Å². The van der Waals surface area contributed by atoms with E-state index in [9.17, 15) is 9.59 Å². The maximum atomic E-state index is 10.9. The minimum Gasteiger partial charge on any atom is -0.298 e. The minimum absolute atomic E-state index is 0.0828. The summed E-state index contributed by atoms with van der Waals surface area (Å²) in [6.45, 7) is 8.36. The second kappa shape index (κ2) is 5.89. The quantitative estimate of drug-likeness (QED) is 0.365. The monoisotopic (exact) mass is 176 g/mol. The summed E-state index contributed by atoms with van der Waals surface area (Å²) in [4.78, 5) is 21.2. The van der Waals surface area contributed by atoms with Crippen molar-refractivity contribution in [1.29, 1.82) is 0 Å². The lowest BCUT2D eigenvalue weighted by Crippen LogP contribution is -1.91. The maximum Gasteiger partial charge on any atom is 0.159 e. The average Bonchev–Trinajstić information content (AvgIpc) is 2.12. The van der Waals surface area contributed by atoms with Crippen molar-refractivity contribution in [1.82, 2.24) is 0 Å².